The zero-order valence-corrected chi connectivity index (χ0v) is 18.0. The molecule has 1 unspecified atom stereocenters. The van der Waals surface area contributed by atoms with E-state index in [2.05, 4.69) is 10.3 Å². The van der Waals surface area contributed by atoms with E-state index in [0.717, 1.165) is 17.8 Å². The number of halogens is 5. The minimum atomic E-state index is -4.39. The number of benzene rings is 1. The molecule has 166 valence electrons. The number of nitrogens with zero attached hydrogens (tertiary/aromatic N) is 2. The van der Waals surface area contributed by atoms with Crippen molar-refractivity contribution in [3.05, 3.63) is 59.8 Å². The molecule has 0 saturated carbocycles. The Morgan fingerprint density at radius 3 is 2.17 bits per heavy atom. The van der Waals surface area contributed by atoms with Crippen molar-refractivity contribution >= 4 is 36.5 Å². The van der Waals surface area contributed by atoms with E-state index in [-0.39, 0.29) is 36.8 Å². The van der Waals surface area contributed by atoms with Gasteiger partial charge in [0.05, 0.1) is 5.56 Å². The monoisotopic (exact) mass is 464 g/mol. The maximum Gasteiger partial charge on any atom is 0.417 e. The van der Waals surface area contributed by atoms with Gasteiger partial charge in [0.25, 0.3) is 0 Å². The van der Waals surface area contributed by atoms with Crippen LogP contribution in [0.5, 0.6) is 0 Å². The standard InChI is InChI=1S/C20H23F3N4O.2ClH/c1-19(24,14-5-3-2-4-6-14)18(28)26-16-9-11-27(12-10-16)17-8-7-15(13-25-17)20(21,22)23;;/h2-8,13,16H,9-12,24H2,1H3,(H,26,28);2*1H. The van der Waals surface area contributed by atoms with Gasteiger partial charge < -0.3 is 16.0 Å². The molecule has 2 heterocycles. The highest BCUT2D eigenvalue weighted by Gasteiger charge is 2.33. The van der Waals surface area contributed by atoms with Gasteiger partial charge in [-0.15, -0.1) is 24.8 Å². The number of carbonyl (C=O) groups excluding carboxylic acids is 1. The van der Waals surface area contributed by atoms with Crippen molar-refractivity contribution in [3.63, 3.8) is 0 Å². The number of nitrogens with two attached hydrogens (primary N) is 1. The smallest absolute Gasteiger partial charge is 0.356 e. The molecular formula is C20H25Cl2F3N4O. The summed E-state index contributed by atoms with van der Waals surface area (Å²) in [6, 6.07) is 11.6. The van der Waals surface area contributed by atoms with Gasteiger partial charge in [-0.2, -0.15) is 13.2 Å². The Labute approximate surface area is 186 Å². The summed E-state index contributed by atoms with van der Waals surface area (Å²) >= 11 is 0. The Morgan fingerprint density at radius 1 is 1.07 bits per heavy atom. The molecule has 3 rings (SSSR count). The first-order valence-electron chi connectivity index (χ1n) is 9.11. The highest BCUT2D eigenvalue weighted by molar-refractivity contribution is 5.87. The van der Waals surface area contributed by atoms with Gasteiger partial charge in [-0.05, 0) is 37.5 Å². The fourth-order valence-corrected chi connectivity index (χ4v) is 3.24. The Hall–Kier alpha value is -2.03. The average Bonchev–Trinajstić information content (AvgIpc) is 2.68. The number of hydrogen-bond acceptors (Lipinski definition) is 4. The summed E-state index contributed by atoms with van der Waals surface area (Å²) in [6.07, 6.45) is -2.21. The molecule has 1 amide bonds. The van der Waals surface area contributed by atoms with Crippen LogP contribution in [0.3, 0.4) is 0 Å². The van der Waals surface area contributed by atoms with Gasteiger partial charge in [-0.1, -0.05) is 30.3 Å². The highest BCUT2D eigenvalue weighted by Crippen LogP contribution is 2.30. The van der Waals surface area contributed by atoms with Crippen LogP contribution in [0, 0.1) is 0 Å². The summed E-state index contributed by atoms with van der Waals surface area (Å²) in [5.41, 5.74) is 5.08. The third-order valence-corrected chi connectivity index (χ3v) is 5.07. The Balaban J connectivity index is 0.00000225. The Bertz CT molecular complexity index is 809. The molecule has 3 N–H and O–H groups in total. The summed E-state index contributed by atoms with van der Waals surface area (Å²) in [5, 5.41) is 3.00. The summed E-state index contributed by atoms with van der Waals surface area (Å²) in [4.78, 5) is 18.5. The lowest BCUT2D eigenvalue weighted by atomic mass is 9.91. The number of aromatic nitrogens is 1. The minimum absolute atomic E-state index is 0. The van der Waals surface area contributed by atoms with Crippen LogP contribution in [0.15, 0.2) is 48.7 Å². The normalized spacial score (nSPS) is 16.6. The van der Waals surface area contributed by atoms with E-state index in [1.54, 1.807) is 6.92 Å². The highest BCUT2D eigenvalue weighted by atomic mass is 35.5. The molecule has 10 heteroatoms. The van der Waals surface area contributed by atoms with Crippen molar-refractivity contribution in [1.82, 2.24) is 10.3 Å². The van der Waals surface area contributed by atoms with Crippen LogP contribution in [-0.4, -0.2) is 30.0 Å². The van der Waals surface area contributed by atoms with Gasteiger partial charge >= 0.3 is 6.18 Å². The molecule has 1 saturated heterocycles. The van der Waals surface area contributed by atoms with Crippen molar-refractivity contribution in [3.8, 4) is 0 Å². The molecule has 1 aromatic carbocycles. The zero-order chi connectivity index (χ0) is 20.4. The fourth-order valence-electron chi connectivity index (χ4n) is 3.24. The second kappa shape index (κ2) is 10.3. The molecule has 1 atom stereocenters. The van der Waals surface area contributed by atoms with Crippen LogP contribution in [0.1, 0.15) is 30.9 Å². The van der Waals surface area contributed by atoms with E-state index in [4.69, 9.17) is 5.73 Å². The number of rotatable bonds is 4. The van der Waals surface area contributed by atoms with Gasteiger partial charge in [0, 0.05) is 25.3 Å². The number of hydrogen-bond donors (Lipinski definition) is 2. The molecule has 30 heavy (non-hydrogen) atoms. The van der Waals surface area contributed by atoms with Crippen LogP contribution in [0.25, 0.3) is 0 Å². The van der Waals surface area contributed by atoms with E-state index < -0.39 is 17.3 Å². The van der Waals surface area contributed by atoms with Crippen molar-refractivity contribution < 1.29 is 18.0 Å². The molecule has 0 aliphatic carbocycles. The number of amides is 1. The molecule has 2 aromatic rings. The first kappa shape index (κ1) is 26.0. The second-order valence-electron chi connectivity index (χ2n) is 7.21. The summed E-state index contributed by atoms with van der Waals surface area (Å²) in [5.74, 6) is 0.260. The van der Waals surface area contributed by atoms with Crippen LogP contribution < -0.4 is 16.0 Å². The third-order valence-electron chi connectivity index (χ3n) is 5.07. The van der Waals surface area contributed by atoms with Crippen molar-refractivity contribution in [2.24, 2.45) is 5.73 Å². The number of carbonyl (C=O) groups is 1. The van der Waals surface area contributed by atoms with Crippen molar-refractivity contribution in [1.29, 1.82) is 0 Å². The van der Waals surface area contributed by atoms with Gasteiger partial charge in [-0.25, -0.2) is 4.98 Å². The summed E-state index contributed by atoms with van der Waals surface area (Å²) in [6.45, 7) is 2.87. The van der Waals surface area contributed by atoms with Gasteiger partial charge in [0.1, 0.15) is 11.4 Å². The number of piperidine rings is 1. The number of pyridine rings is 1. The maximum atomic E-state index is 12.6. The zero-order valence-electron chi connectivity index (χ0n) is 16.4. The summed E-state index contributed by atoms with van der Waals surface area (Å²) in [7, 11) is 0. The quantitative estimate of drug-likeness (QED) is 0.719. The van der Waals surface area contributed by atoms with E-state index in [9.17, 15) is 18.0 Å². The number of alkyl halides is 3. The van der Waals surface area contributed by atoms with Gasteiger partial charge in [-0.3, -0.25) is 4.79 Å². The predicted octanol–water partition coefficient (Wildman–Crippen LogP) is 3.90. The van der Waals surface area contributed by atoms with Crippen LogP contribution in [-0.2, 0) is 16.5 Å². The largest absolute Gasteiger partial charge is 0.417 e. The van der Waals surface area contributed by atoms with Crippen LogP contribution in [0.4, 0.5) is 19.0 Å². The molecule has 1 aliphatic rings. The number of nitrogens with one attached hydrogen (secondary N) is 1. The van der Waals surface area contributed by atoms with E-state index in [0.29, 0.717) is 31.7 Å². The van der Waals surface area contributed by atoms with E-state index >= 15 is 0 Å². The van der Waals surface area contributed by atoms with Crippen molar-refractivity contribution in [2.75, 3.05) is 18.0 Å². The first-order valence-corrected chi connectivity index (χ1v) is 9.11. The lowest BCUT2D eigenvalue weighted by Gasteiger charge is -2.35. The van der Waals surface area contributed by atoms with Gasteiger partial charge in [0.15, 0.2) is 0 Å². The first-order chi connectivity index (χ1) is 13.2. The Kier molecular flexibility index (Phi) is 8.95. The van der Waals surface area contributed by atoms with Crippen LogP contribution >= 0.6 is 24.8 Å². The lowest BCUT2D eigenvalue weighted by Crippen LogP contribution is -2.54. The third kappa shape index (κ3) is 6.00. The van der Waals surface area contributed by atoms with Gasteiger partial charge in [0.2, 0.25) is 5.91 Å². The fraction of sp³-hybridized carbons (Fsp3) is 0.400. The molecule has 1 aliphatic heterocycles. The lowest BCUT2D eigenvalue weighted by molar-refractivity contribution is -0.137. The van der Waals surface area contributed by atoms with Crippen molar-refractivity contribution in [2.45, 2.75) is 37.5 Å². The van der Waals surface area contributed by atoms with E-state index in [1.807, 2.05) is 35.2 Å². The molecule has 1 aromatic heterocycles. The second-order valence-corrected chi connectivity index (χ2v) is 7.21. The van der Waals surface area contributed by atoms with Crippen LogP contribution in [0.2, 0.25) is 0 Å². The summed E-state index contributed by atoms with van der Waals surface area (Å²) < 4.78 is 37.9. The minimum Gasteiger partial charge on any atom is -0.356 e. The molecule has 0 bridgehead atoms. The van der Waals surface area contributed by atoms with E-state index in [1.165, 1.54) is 6.07 Å². The average molecular weight is 465 g/mol. The molecule has 0 radical (unpaired) electrons. The molecule has 0 spiro atoms. The molecular weight excluding hydrogens is 440 g/mol. The Morgan fingerprint density at radius 2 is 1.67 bits per heavy atom. The number of anilines is 1. The maximum absolute atomic E-state index is 12.6. The topological polar surface area (TPSA) is 71.2 Å². The predicted molar refractivity (Wildman–Crippen MR) is 115 cm³/mol. The molecule has 1 fully saturated rings. The molecule has 5 nitrogen and oxygen atoms in total. The SMILES string of the molecule is CC(N)(C(=O)NC1CCN(c2ccc(C(F)(F)F)cn2)CC1)c1ccccc1.Cl.Cl.